The van der Waals surface area contributed by atoms with E-state index >= 15 is 0 Å². The maximum atomic E-state index is 12.7. The zero-order valence-corrected chi connectivity index (χ0v) is 18.3. The van der Waals surface area contributed by atoms with Crippen molar-refractivity contribution < 1.29 is 23.5 Å². The van der Waals surface area contributed by atoms with Crippen molar-refractivity contribution in [2.75, 3.05) is 44.8 Å². The lowest BCUT2D eigenvalue weighted by Gasteiger charge is -2.20. The van der Waals surface area contributed by atoms with Gasteiger partial charge < -0.3 is 29.0 Å². The number of nitrogens with one attached hydrogen (secondary N) is 1. The van der Waals surface area contributed by atoms with Gasteiger partial charge >= 0.3 is 6.03 Å². The van der Waals surface area contributed by atoms with Crippen LogP contribution in [0.2, 0.25) is 0 Å². The molecule has 1 saturated heterocycles. The van der Waals surface area contributed by atoms with Crippen LogP contribution in [0.5, 0.6) is 11.5 Å². The molecule has 0 bridgehead atoms. The molecule has 1 aliphatic carbocycles. The standard InChI is InChI=1S/C23H30N4O5/c28-23(24-18-5-6-19-20(13-18)31-12-11-30-19)27-9-7-17(14-27)22-25-21(26-32-22)8-10-29-15-16-3-1-2-4-16/h5-6,13,16-17H,1-4,7-12,14-15H2,(H,24,28). The normalized spacial score (nSPS) is 20.6. The fourth-order valence-electron chi connectivity index (χ4n) is 4.60. The van der Waals surface area contributed by atoms with E-state index < -0.39 is 0 Å². The number of likely N-dealkylation sites (tertiary alicyclic amines) is 1. The van der Waals surface area contributed by atoms with Gasteiger partial charge in [-0.25, -0.2) is 4.79 Å². The Morgan fingerprint density at radius 1 is 1.16 bits per heavy atom. The second kappa shape index (κ2) is 9.77. The maximum Gasteiger partial charge on any atom is 0.321 e. The third kappa shape index (κ3) is 4.98. The van der Waals surface area contributed by atoms with Crippen LogP contribution in [0.3, 0.4) is 0 Å². The van der Waals surface area contributed by atoms with Crippen LogP contribution in [-0.2, 0) is 11.2 Å². The number of amides is 2. The fourth-order valence-corrected chi connectivity index (χ4v) is 4.60. The van der Waals surface area contributed by atoms with E-state index in [1.165, 1.54) is 25.7 Å². The SMILES string of the molecule is O=C(Nc1ccc2c(c1)OCCO2)N1CCC(c2nc(CCOCC3CCCC3)no2)C1. The number of benzene rings is 1. The van der Waals surface area contributed by atoms with Gasteiger partial charge in [-0.05, 0) is 37.3 Å². The van der Waals surface area contributed by atoms with Crippen LogP contribution in [0.15, 0.2) is 22.7 Å². The number of urea groups is 1. The zero-order chi connectivity index (χ0) is 21.8. The van der Waals surface area contributed by atoms with Crippen LogP contribution in [0.25, 0.3) is 0 Å². The maximum absolute atomic E-state index is 12.7. The Balaban J connectivity index is 1.08. The van der Waals surface area contributed by atoms with Crippen molar-refractivity contribution in [3.8, 4) is 11.5 Å². The monoisotopic (exact) mass is 442 g/mol. The largest absolute Gasteiger partial charge is 0.486 e. The minimum absolute atomic E-state index is 0.0571. The van der Waals surface area contributed by atoms with E-state index in [0.29, 0.717) is 74.2 Å². The van der Waals surface area contributed by atoms with Gasteiger partial charge in [0.1, 0.15) is 13.2 Å². The average molecular weight is 443 g/mol. The van der Waals surface area contributed by atoms with Crippen LogP contribution >= 0.6 is 0 Å². The minimum atomic E-state index is -0.149. The Kier molecular flexibility index (Phi) is 6.43. The van der Waals surface area contributed by atoms with E-state index in [0.717, 1.165) is 13.0 Å². The quantitative estimate of drug-likeness (QED) is 0.654. The molecule has 3 aliphatic rings. The second-order valence-corrected chi connectivity index (χ2v) is 8.74. The molecule has 1 N–H and O–H groups in total. The molecule has 9 heteroatoms. The summed E-state index contributed by atoms with van der Waals surface area (Å²) in [5.74, 6) is 3.40. The molecular weight excluding hydrogens is 412 g/mol. The Hall–Kier alpha value is -2.81. The first-order valence-corrected chi connectivity index (χ1v) is 11.6. The van der Waals surface area contributed by atoms with Gasteiger partial charge in [-0.3, -0.25) is 0 Å². The van der Waals surface area contributed by atoms with Crippen LogP contribution in [-0.4, -0.2) is 60.6 Å². The van der Waals surface area contributed by atoms with Gasteiger partial charge in [0.2, 0.25) is 5.89 Å². The number of carbonyl (C=O) groups is 1. The van der Waals surface area contributed by atoms with Crippen molar-refractivity contribution in [1.29, 1.82) is 0 Å². The number of fused-ring (bicyclic) bond motifs is 1. The molecule has 32 heavy (non-hydrogen) atoms. The summed E-state index contributed by atoms with van der Waals surface area (Å²) < 4.78 is 22.4. The summed E-state index contributed by atoms with van der Waals surface area (Å²) in [6.07, 6.45) is 6.68. The lowest BCUT2D eigenvalue weighted by Crippen LogP contribution is -2.32. The molecule has 2 amide bonds. The molecule has 5 rings (SSSR count). The number of rotatable bonds is 7. The van der Waals surface area contributed by atoms with Gasteiger partial charge in [0.15, 0.2) is 17.3 Å². The summed E-state index contributed by atoms with van der Waals surface area (Å²) in [5.41, 5.74) is 0.681. The number of anilines is 1. The van der Waals surface area contributed by atoms with E-state index in [4.69, 9.17) is 18.7 Å². The molecule has 1 aromatic heterocycles. The van der Waals surface area contributed by atoms with E-state index in [-0.39, 0.29) is 11.9 Å². The van der Waals surface area contributed by atoms with Gasteiger partial charge in [-0.15, -0.1) is 0 Å². The lowest BCUT2D eigenvalue weighted by molar-refractivity contribution is 0.102. The van der Waals surface area contributed by atoms with Gasteiger partial charge in [0, 0.05) is 37.9 Å². The molecule has 0 radical (unpaired) electrons. The van der Waals surface area contributed by atoms with Gasteiger partial charge in [-0.2, -0.15) is 4.98 Å². The molecule has 1 saturated carbocycles. The highest BCUT2D eigenvalue weighted by Crippen LogP contribution is 2.33. The molecular formula is C23H30N4O5. The molecule has 1 unspecified atom stereocenters. The highest BCUT2D eigenvalue weighted by atomic mass is 16.6. The highest BCUT2D eigenvalue weighted by molar-refractivity contribution is 5.90. The smallest absolute Gasteiger partial charge is 0.321 e. The summed E-state index contributed by atoms with van der Waals surface area (Å²) in [6.45, 7) is 3.69. The summed E-state index contributed by atoms with van der Waals surface area (Å²) >= 11 is 0. The van der Waals surface area contributed by atoms with Gasteiger partial charge in [0.05, 0.1) is 12.5 Å². The molecule has 3 heterocycles. The Morgan fingerprint density at radius 2 is 2.00 bits per heavy atom. The van der Waals surface area contributed by atoms with E-state index in [1.54, 1.807) is 11.0 Å². The van der Waals surface area contributed by atoms with Crippen molar-refractivity contribution in [2.45, 2.75) is 44.4 Å². The summed E-state index contributed by atoms with van der Waals surface area (Å²) in [4.78, 5) is 19.0. The Morgan fingerprint density at radius 3 is 2.88 bits per heavy atom. The van der Waals surface area contributed by atoms with Crippen LogP contribution in [0, 0.1) is 5.92 Å². The second-order valence-electron chi connectivity index (χ2n) is 8.74. The molecule has 9 nitrogen and oxygen atoms in total. The summed E-state index contributed by atoms with van der Waals surface area (Å²) in [7, 11) is 0. The molecule has 0 spiro atoms. The van der Waals surface area contributed by atoms with E-state index in [2.05, 4.69) is 15.5 Å². The first-order chi connectivity index (χ1) is 15.7. The van der Waals surface area contributed by atoms with E-state index in [9.17, 15) is 4.79 Å². The van der Waals surface area contributed by atoms with Crippen LogP contribution in [0.1, 0.15) is 49.7 Å². The Bertz CT molecular complexity index is 927. The molecule has 1 aromatic carbocycles. The predicted octanol–water partition coefficient (Wildman–Crippen LogP) is 3.61. The van der Waals surface area contributed by atoms with Crippen molar-refractivity contribution >= 4 is 11.7 Å². The number of aromatic nitrogens is 2. The van der Waals surface area contributed by atoms with Crippen molar-refractivity contribution in [2.24, 2.45) is 5.92 Å². The van der Waals surface area contributed by atoms with Crippen molar-refractivity contribution in [3.05, 3.63) is 29.9 Å². The van der Waals surface area contributed by atoms with Crippen molar-refractivity contribution in [1.82, 2.24) is 15.0 Å². The van der Waals surface area contributed by atoms with Crippen LogP contribution in [0.4, 0.5) is 10.5 Å². The number of ether oxygens (including phenoxy) is 3. The average Bonchev–Trinajstić information content (AvgIpc) is 3.58. The summed E-state index contributed by atoms with van der Waals surface area (Å²) in [5, 5.41) is 7.03. The first kappa shape index (κ1) is 21.1. The zero-order valence-electron chi connectivity index (χ0n) is 18.3. The molecule has 2 fully saturated rings. The number of carbonyl (C=O) groups excluding carboxylic acids is 1. The molecule has 172 valence electrons. The third-order valence-corrected chi connectivity index (χ3v) is 6.40. The molecule has 2 aliphatic heterocycles. The van der Waals surface area contributed by atoms with Gasteiger partial charge in [0.25, 0.3) is 0 Å². The van der Waals surface area contributed by atoms with Crippen molar-refractivity contribution in [3.63, 3.8) is 0 Å². The first-order valence-electron chi connectivity index (χ1n) is 11.6. The number of nitrogens with zero attached hydrogens (tertiary/aromatic N) is 3. The Labute approximate surface area is 187 Å². The van der Waals surface area contributed by atoms with Crippen LogP contribution < -0.4 is 14.8 Å². The number of hydrogen-bond acceptors (Lipinski definition) is 7. The number of hydrogen-bond donors (Lipinski definition) is 1. The molecule has 2 aromatic rings. The third-order valence-electron chi connectivity index (χ3n) is 6.40. The van der Waals surface area contributed by atoms with E-state index in [1.807, 2.05) is 12.1 Å². The summed E-state index contributed by atoms with van der Waals surface area (Å²) in [6, 6.07) is 5.27. The minimum Gasteiger partial charge on any atom is -0.486 e. The highest BCUT2D eigenvalue weighted by Gasteiger charge is 2.31. The van der Waals surface area contributed by atoms with Gasteiger partial charge in [-0.1, -0.05) is 18.0 Å². The predicted molar refractivity (Wildman–Crippen MR) is 116 cm³/mol. The topological polar surface area (TPSA) is 99.0 Å². The fraction of sp³-hybridized carbons (Fsp3) is 0.609. The molecule has 1 atom stereocenters. The lowest BCUT2D eigenvalue weighted by atomic mass is 10.1.